The van der Waals surface area contributed by atoms with E-state index in [2.05, 4.69) is 10.3 Å². The van der Waals surface area contributed by atoms with Crippen molar-refractivity contribution in [3.63, 3.8) is 0 Å². The highest BCUT2D eigenvalue weighted by Gasteiger charge is 2.50. The van der Waals surface area contributed by atoms with Gasteiger partial charge in [0.1, 0.15) is 34.7 Å². The predicted octanol–water partition coefficient (Wildman–Crippen LogP) is 5.91. The van der Waals surface area contributed by atoms with Gasteiger partial charge in [-0.25, -0.2) is 4.79 Å². The van der Waals surface area contributed by atoms with Gasteiger partial charge < -0.3 is 60.0 Å². The van der Waals surface area contributed by atoms with E-state index >= 15 is 0 Å². The number of benzene rings is 3. The van der Waals surface area contributed by atoms with Crippen LogP contribution in [0.25, 0.3) is 10.8 Å². The number of nitrogens with zero attached hydrogens (tertiary/aromatic N) is 1. The van der Waals surface area contributed by atoms with E-state index in [9.17, 15) is 54.9 Å². The first-order valence-electron chi connectivity index (χ1n) is 19.7. The van der Waals surface area contributed by atoms with Crippen molar-refractivity contribution in [3.8, 4) is 28.7 Å². The van der Waals surface area contributed by atoms with Crippen molar-refractivity contribution < 1.29 is 73.9 Å². The highest BCUT2D eigenvalue weighted by Crippen LogP contribution is 2.55. The van der Waals surface area contributed by atoms with E-state index in [1.807, 2.05) is 0 Å². The molecule has 3 aromatic rings. The van der Waals surface area contributed by atoms with E-state index in [0.717, 1.165) is 24.6 Å². The summed E-state index contributed by atoms with van der Waals surface area (Å²) in [4.78, 5) is 56.2. The van der Waals surface area contributed by atoms with E-state index in [4.69, 9.17) is 18.9 Å². The van der Waals surface area contributed by atoms with E-state index in [1.165, 1.54) is 59.1 Å². The first kappa shape index (κ1) is 46.6. The van der Waals surface area contributed by atoms with Gasteiger partial charge in [-0.1, -0.05) is 45.9 Å². The van der Waals surface area contributed by atoms with Crippen LogP contribution in [-0.2, 0) is 23.8 Å². The number of carboxylic acid groups (broad SMARTS) is 1. The first-order chi connectivity index (χ1) is 29.1. The van der Waals surface area contributed by atoms with Crippen LogP contribution in [0.15, 0.2) is 59.3 Å². The average molecular weight is 861 g/mol. The third-order valence-corrected chi connectivity index (χ3v) is 11.6. The Morgan fingerprint density at radius 2 is 1.60 bits per heavy atom. The van der Waals surface area contributed by atoms with Crippen LogP contribution in [0, 0.1) is 30.6 Å². The number of aliphatic hydroxyl groups is 2. The Balaban J connectivity index is 1.74. The van der Waals surface area contributed by atoms with Crippen LogP contribution in [0.4, 0.5) is 11.4 Å². The zero-order valence-corrected chi connectivity index (χ0v) is 35.7. The summed E-state index contributed by atoms with van der Waals surface area (Å²) in [5.74, 6) is -11.4. The van der Waals surface area contributed by atoms with Gasteiger partial charge in [-0.05, 0) is 32.1 Å². The molecule has 5 bridgehead atoms. The van der Waals surface area contributed by atoms with Crippen molar-refractivity contribution >= 4 is 52.0 Å². The number of fused-ring (bicyclic) bond motifs is 14. The number of hydrogen-bond donors (Lipinski definition) is 8. The molecule has 1 amide bonds. The number of aromatic hydroxyl groups is 4. The number of amides is 1. The number of aliphatic hydroxyl groups excluding tert-OH is 2. The standard InChI is InChI=1S/C45H52N2O15/c1-19-11-10-12-20(2)43(56)47-34-28(18-46-26-13-14-27(44(57)58)29(49)17-26)38(53)31-32(39(34)54)37(52)24(6)41-33(31)42(55)45(8,62-41)60-16-15-30(59-9)21(3)40(61-25(7)48)23(5)36(51)22(4)35(19)50/h10-19,21-23,30,35-36,40,49-54H,1-9H3,(H,47,56)(H,57,58)/b11-10+,16-15+,20-12-,46-18?/t19-,21+,22+,23+,30-,35-,36+,40+,45-/m0/s1. The smallest absolute Gasteiger partial charge is 0.339 e. The second kappa shape index (κ2) is 18.3. The number of rotatable bonds is 5. The minimum atomic E-state index is -2.14. The fourth-order valence-corrected chi connectivity index (χ4v) is 7.79. The van der Waals surface area contributed by atoms with Crippen LogP contribution in [0.2, 0.25) is 0 Å². The zero-order valence-electron chi connectivity index (χ0n) is 35.7. The van der Waals surface area contributed by atoms with E-state index in [1.54, 1.807) is 33.8 Å². The van der Waals surface area contributed by atoms with Crippen LogP contribution in [0.1, 0.15) is 80.3 Å². The molecule has 62 heavy (non-hydrogen) atoms. The molecule has 0 spiro atoms. The molecular formula is C45H52N2O15. The summed E-state index contributed by atoms with van der Waals surface area (Å²) in [6, 6.07) is 3.38. The van der Waals surface area contributed by atoms with Gasteiger partial charge in [0.05, 0.1) is 52.5 Å². The van der Waals surface area contributed by atoms with Gasteiger partial charge in [0.2, 0.25) is 0 Å². The molecule has 0 saturated heterocycles. The Bertz CT molecular complexity index is 2420. The van der Waals surface area contributed by atoms with Gasteiger partial charge in [0.25, 0.3) is 11.7 Å². The van der Waals surface area contributed by atoms with Gasteiger partial charge in [-0.2, -0.15) is 0 Å². The average Bonchev–Trinajstić information content (AvgIpc) is 3.48. The minimum absolute atomic E-state index is 0.00995. The number of ketones is 1. The molecule has 0 unspecified atom stereocenters. The lowest BCUT2D eigenvalue weighted by molar-refractivity contribution is -0.160. The number of Topliss-reactive ketones (excluding diaryl/α,β-unsaturated/α-hetero) is 1. The summed E-state index contributed by atoms with van der Waals surface area (Å²) in [7, 11) is 1.40. The molecule has 6 rings (SSSR count). The van der Waals surface area contributed by atoms with Gasteiger partial charge in [-0.3, -0.25) is 19.4 Å². The Hall–Kier alpha value is -6.43. The maximum absolute atomic E-state index is 14.4. The van der Waals surface area contributed by atoms with Crippen molar-refractivity contribution in [2.24, 2.45) is 28.7 Å². The Labute approximate surface area is 357 Å². The monoisotopic (exact) mass is 860 g/mol. The molecule has 3 aliphatic rings. The summed E-state index contributed by atoms with van der Waals surface area (Å²) in [5.41, 5.74) is -1.50. The molecule has 0 radical (unpaired) electrons. The Kier molecular flexibility index (Phi) is 13.7. The van der Waals surface area contributed by atoms with Crippen molar-refractivity contribution in [1.29, 1.82) is 0 Å². The normalized spacial score (nSPS) is 29.1. The molecule has 0 aromatic heterocycles. The fraction of sp³-hybridized carbons (Fsp3) is 0.400. The maximum Gasteiger partial charge on any atom is 0.339 e. The second-order valence-electron chi connectivity index (χ2n) is 15.9. The van der Waals surface area contributed by atoms with E-state index in [-0.39, 0.29) is 33.7 Å². The number of ether oxygens (including phenoxy) is 4. The van der Waals surface area contributed by atoms with Gasteiger partial charge in [0.15, 0.2) is 5.75 Å². The molecule has 3 heterocycles. The van der Waals surface area contributed by atoms with Crippen LogP contribution < -0.4 is 10.1 Å². The quantitative estimate of drug-likeness (QED) is 0.0641. The highest BCUT2D eigenvalue weighted by molar-refractivity contribution is 6.24. The molecule has 3 aliphatic heterocycles. The second-order valence-corrected chi connectivity index (χ2v) is 15.9. The molecule has 0 aliphatic carbocycles. The van der Waals surface area contributed by atoms with E-state index < -0.39 is 123 Å². The van der Waals surface area contributed by atoms with Gasteiger partial charge in [0, 0.05) is 73.4 Å². The molecule has 17 nitrogen and oxygen atoms in total. The van der Waals surface area contributed by atoms with Crippen LogP contribution in [-0.4, -0.2) is 103 Å². The number of phenols is 4. The number of carbonyl (C=O) groups excluding carboxylic acids is 3. The van der Waals surface area contributed by atoms with Crippen LogP contribution in [0.5, 0.6) is 28.7 Å². The first-order valence-corrected chi connectivity index (χ1v) is 19.7. The highest BCUT2D eigenvalue weighted by atomic mass is 16.7. The third-order valence-electron chi connectivity index (χ3n) is 11.6. The maximum atomic E-state index is 14.4. The summed E-state index contributed by atoms with van der Waals surface area (Å²) in [6.07, 6.45) is 4.05. The number of aliphatic imine (C=N–C) groups is 1. The fourth-order valence-electron chi connectivity index (χ4n) is 7.79. The Morgan fingerprint density at radius 1 is 0.919 bits per heavy atom. The molecule has 0 fully saturated rings. The molecule has 0 saturated carbocycles. The number of nitrogens with one attached hydrogen (secondary N) is 1. The number of allylic oxidation sites excluding steroid dienone is 2. The molecule has 8 N–H and O–H groups in total. The number of carboxylic acids is 1. The summed E-state index contributed by atoms with van der Waals surface area (Å²) < 4.78 is 23.4. The number of carbonyl (C=O) groups is 4. The Morgan fingerprint density at radius 3 is 2.21 bits per heavy atom. The lowest BCUT2D eigenvalue weighted by Gasteiger charge is -2.38. The number of anilines is 1. The van der Waals surface area contributed by atoms with Crippen LogP contribution >= 0.6 is 0 Å². The van der Waals surface area contributed by atoms with Crippen molar-refractivity contribution in [3.05, 3.63) is 76.6 Å². The van der Waals surface area contributed by atoms with Gasteiger partial charge >= 0.3 is 17.7 Å². The predicted molar refractivity (Wildman–Crippen MR) is 226 cm³/mol. The molecule has 17 heteroatoms. The van der Waals surface area contributed by atoms with Crippen molar-refractivity contribution in [2.75, 3.05) is 12.4 Å². The van der Waals surface area contributed by atoms with Crippen molar-refractivity contribution in [2.45, 2.75) is 85.6 Å². The lowest BCUT2D eigenvalue weighted by Crippen LogP contribution is -2.46. The number of aromatic carboxylic acids is 1. The zero-order chi connectivity index (χ0) is 46.1. The molecule has 332 valence electrons. The van der Waals surface area contributed by atoms with Crippen LogP contribution in [0.3, 0.4) is 0 Å². The largest absolute Gasteiger partial charge is 0.507 e. The van der Waals surface area contributed by atoms with Crippen molar-refractivity contribution in [1.82, 2.24) is 0 Å². The number of phenolic OH excluding ortho intramolecular Hbond substituents is 3. The molecular weight excluding hydrogens is 808 g/mol. The molecule has 9 atom stereocenters. The molecule has 3 aromatic carbocycles. The summed E-state index contributed by atoms with van der Waals surface area (Å²) in [6.45, 7) is 12.1. The topological polar surface area (TPSA) is 271 Å². The summed E-state index contributed by atoms with van der Waals surface area (Å²) >= 11 is 0. The number of methoxy groups -OCH3 is 1. The number of hydrogen-bond acceptors (Lipinski definition) is 15. The SMILES string of the molecule is CO[C@H]1/C=C/O[C@@]2(C)Oc3c(C)c(O)c4c(O)c(c(C=Nc5ccc(C(=O)O)c(O)c5)c(O)c4c3C2=O)NC(=O)/C(C)=C\C=C\[C@H](C)[C@H](O)[C@@H](C)[C@@H](O)[C@@H](C)[C@H](OC(C)=O)[C@@H]1C. The van der Waals surface area contributed by atoms with Gasteiger partial charge in [-0.15, -0.1) is 0 Å². The lowest BCUT2D eigenvalue weighted by atomic mass is 9.78. The minimum Gasteiger partial charge on any atom is -0.507 e. The number of esters is 1. The van der Waals surface area contributed by atoms with E-state index in [0.29, 0.717) is 0 Å². The summed E-state index contributed by atoms with van der Waals surface area (Å²) in [5, 5.41) is 79.7. The third kappa shape index (κ3) is 8.82.